The Kier molecular flexibility index (Phi) is 4.15. The number of nitrogens with zero attached hydrogens (tertiary/aromatic N) is 2. The minimum atomic E-state index is -0.132. The molecule has 0 spiro atoms. The predicted octanol–water partition coefficient (Wildman–Crippen LogP) is 2.78. The number of anilines is 1. The van der Waals surface area contributed by atoms with Gasteiger partial charge in [-0.05, 0) is 12.8 Å². The topological polar surface area (TPSA) is 78.5 Å². The predicted molar refractivity (Wildman–Crippen MR) is 88.8 cm³/mol. The van der Waals surface area contributed by atoms with Crippen molar-refractivity contribution in [3.8, 4) is 5.75 Å². The summed E-state index contributed by atoms with van der Waals surface area (Å²) < 4.78 is 4.83. The van der Waals surface area contributed by atoms with Crippen LogP contribution in [0.2, 0.25) is 0 Å². The van der Waals surface area contributed by atoms with E-state index >= 15 is 0 Å². The molecule has 0 unspecified atom stereocenters. The average Bonchev–Trinajstić information content (AvgIpc) is 2.97. The first-order valence-electron chi connectivity index (χ1n) is 8.05. The number of phenolic OH excluding ortho intramolecular Hbond substituents is 1. The van der Waals surface area contributed by atoms with Crippen LogP contribution in [0.15, 0.2) is 12.1 Å². The van der Waals surface area contributed by atoms with Gasteiger partial charge in [-0.2, -0.15) is 0 Å². The van der Waals surface area contributed by atoms with Crippen LogP contribution in [0, 0.1) is 5.92 Å². The molecule has 1 aliphatic rings. The van der Waals surface area contributed by atoms with Gasteiger partial charge in [0.2, 0.25) is 0 Å². The summed E-state index contributed by atoms with van der Waals surface area (Å²) >= 11 is 0. The lowest BCUT2D eigenvalue weighted by Gasteiger charge is -2.32. The molecular weight excluding hydrogens is 294 g/mol. The lowest BCUT2D eigenvalue weighted by Crippen LogP contribution is -2.36. The fourth-order valence-corrected chi connectivity index (χ4v) is 3.14. The quantitative estimate of drug-likeness (QED) is 0.851. The molecule has 1 saturated heterocycles. The van der Waals surface area contributed by atoms with E-state index in [1.165, 1.54) is 7.11 Å². The number of esters is 1. The SMILES string of the molecule is COC(=O)C1CCN(c2cc(O)cc3[nH]c(C(C)C)nc23)CC1. The number of imidazole rings is 1. The Morgan fingerprint density at radius 1 is 1.39 bits per heavy atom. The minimum absolute atomic E-state index is 0.0329. The molecule has 6 heteroatoms. The Hall–Kier alpha value is -2.24. The Morgan fingerprint density at radius 2 is 2.09 bits per heavy atom. The van der Waals surface area contributed by atoms with Crippen molar-refractivity contribution in [2.45, 2.75) is 32.6 Å². The number of H-pyrrole nitrogens is 1. The van der Waals surface area contributed by atoms with Crippen LogP contribution >= 0.6 is 0 Å². The number of piperidine rings is 1. The van der Waals surface area contributed by atoms with Crippen molar-refractivity contribution in [2.24, 2.45) is 5.92 Å². The third-order valence-corrected chi connectivity index (χ3v) is 4.49. The maximum absolute atomic E-state index is 11.7. The normalized spacial score (nSPS) is 16.3. The van der Waals surface area contributed by atoms with Crippen LogP contribution in [-0.2, 0) is 9.53 Å². The van der Waals surface area contributed by atoms with Crippen LogP contribution in [0.1, 0.15) is 38.4 Å². The fourth-order valence-electron chi connectivity index (χ4n) is 3.14. The number of carbonyl (C=O) groups is 1. The smallest absolute Gasteiger partial charge is 0.308 e. The summed E-state index contributed by atoms with van der Waals surface area (Å²) in [5.41, 5.74) is 2.65. The number of phenols is 1. The highest BCUT2D eigenvalue weighted by Crippen LogP contribution is 2.33. The number of hydrogen-bond donors (Lipinski definition) is 2. The van der Waals surface area contributed by atoms with E-state index in [1.807, 2.05) is 0 Å². The summed E-state index contributed by atoms with van der Waals surface area (Å²) in [5.74, 6) is 1.27. The van der Waals surface area contributed by atoms with E-state index < -0.39 is 0 Å². The zero-order valence-electron chi connectivity index (χ0n) is 13.8. The van der Waals surface area contributed by atoms with Gasteiger partial charge < -0.3 is 19.7 Å². The van der Waals surface area contributed by atoms with Gasteiger partial charge in [0.15, 0.2) is 0 Å². The molecule has 1 aliphatic heterocycles. The Morgan fingerprint density at radius 3 is 2.70 bits per heavy atom. The molecule has 0 radical (unpaired) electrons. The summed E-state index contributed by atoms with van der Waals surface area (Å²) in [5, 5.41) is 10.0. The van der Waals surface area contributed by atoms with E-state index in [1.54, 1.807) is 12.1 Å². The maximum atomic E-state index is 11.7. The molecule has 124 valence electrons. The van der Waals surface area contributed by atoms with Crippen LogP contribution in [0.25, 0.3) is 11.0 Å². The van der Waals surface area contributed by atoms with Gasteiger partial charge in [-0.3, -0.25) is 4.79 Å². The van der Waals surface area contributed by atoms with Crippen LogP contribution in [0.5, 0.6) is 5.75 Å². The second kappa shape index (κ2) is 6.10. The van der Waals surface area contributed by atoms with E-state index in [-0.39, 0.29) is 17.6 Å². The molecule has 23 heavy (non-hydrogen) atoms. The summed E-state index contributed by atoms with van der Waals surface area (Å²) in [6.07, 6.45) is 1.51. The summed E-state index contributed by atoms with van der Waals surface area (Å²) in [6.45, 7) is 5.67. The number of carbonyl (C=O) groups excluding carboxylic acids is 1. The van der Waals surface area contributed by atoms with Crippen molar-refractivity contribution in [2.75, 3.05) is 25.1 Å². The van der Waals surface area contributed by atoms with Crippen LogP contribution in [-0.4, -0.2) is 41.2 Å². The van der Waals surface area contributed by atoms with Gasteiger partial charge in [0.1, 0.15) is 17.1 Å². The molecular formula is C17H23N3O3. The molecule has 0 amide bonds. The monoisotopic (exact) mass is 317 g/mol. The Balaban J connectivity index is 1.89. The Bertz CT molecular complexity index is 715. The molecule has 6 nitrogen and oxygen atoms in total. The highest BCUT2D eigenvalue weighted by Gasteiger charge is 2.27. The number of nitrogens with one attached hydrogen (secondary N) is 1. The highest BCUT2D eigenvalue weighted by molar-refractivity contribution is 5.90. The molecule has 2 N–H and O–H groups in total. The largest absolute Gasteiger partial charge is 0.508 e. The second-order valence-corrected chi connectivity index (χ2v) is 6.42. The number of ether oxygens (including phenoxy) is 1. The van der Waals surface area contributed by atoms with Gasteiger partial charge in [-0.25, -0.2) is 4.98 Å². The molecule has 0 atom stereocenters. The molecule has 2 aromatic rings. The first-order valence-corrected chi connectivity index (χ1v) is 8.05. The lowest BCUT2D eigenvalue weighted by molar-refractivity contribution is -0.146. The molecule has 2 heterocycles. The number of aromatic nitrogens is 2. The van der Waals surface area contributed by atoms with Crippen molar-refractivity contribution < 1.29 is 14.6 Å². The van der Waals surface area contributed by atoms with Crippen molar-refractivity contribution in [3.63, 3.8) is 0 Å². The first-order chi connectivity index (χ1) is 11.0. The Labute approximate surface area is 135 Å². The molecule has 1 aromatic carbocycles. The van der Waals surface area contributed by atoms with Crippen molar-refractivity contribution >= 4 is 22.7 Å². The van der Waals surface area contributed by atoms with Crippen LogP contribution < -0.4 is 4.90 Å². The molecule has 3 rings (SSSR count). The number of fused-ring (bicyclic) bond motifs is 1. The number of methoxy groups -OCH3 is 1. The van der Waals surface area contributed by atoms with Gasteiger partial charge >= 0.3 is 5.97 Å². The van der Waals surface area contributed by atoms with Gasteiger partial charge in [0.25, 0.3) is 0 Å². The minimum Gasteiger partial charge on any atom is -0.508 e. The van der Waals surface area contributed by atoms with Crippen molar-refractivity contribution in [1.29, 1.82) is 0 Å². The molecule has 0 saturated carbocycles. The van der Waals surface area contributed by atoms with E-state index in [2.05, 4.69) is 23.7 Å². The van der Waals surface area contributed by atoms with Crippen LogP contribution in [0.3, 0.4) is 0 Å². The number of benzene rings is 1. The number of aromatic amines is 1. The van der Waals surface area contributed by atoms with E-state index in [0.29, 0.717) is 5.92 Å². The van der Waals surface area contributed by atoms with Crippen LogP contribution in [0.4, 0.5) is 5.69 Å². The summed E-state index contributed by atoms with van der Waals surface area (Å²) in [7, 11) is 1.44. The van der Waals surface area contributed by atoms with Crippen molar-refractivity contribution in [3.05, 3.63) is 18.0 Å². The standard InChI is InChI=1S/C17H23N3O3/c1-10(2)16-18-13-8-12(21)9-14(15(13)19-16)20-6-4-11(5-7-20)17(22)23-3/h8-11,21H,4-7H2,1-3H3,(H,18,19). The fraction of sp³-hybridized carbons (Fsp3) is 0.529. The van der Waals surface area contributed by atoms with Gasteiger partial charge in [0.05, 0.1) is 24.2 Å². The zero-order chi connectivity index (χ0) is 16.6. The molecule has 1 fully saturated rings. The molecule has 0 bridgehead atoms. The molecule has 1 aromatic heterocycles. The van der Waals surface area contributed by atoms with Crippen molar-refractivity contribution in [1.82, 2.24) is 9.97 Å². The van der Waals surface area contributed by atoms with Gasteiger partial charge in [0, 0.05) is 31.1 Å². The third-order valence-electron chi connectivity index (χ3n) is 4.49. The molecule has 0 aliphatic carbocycles. The summed E-state index contributed by atoms with van der Waals surface area (Å²) in [4.78, 5) is 21.8. The number of aromatic hydroxyl groups is 1. The van der Waals surface area contributed by atoms with E-state index in [4.69, 9.17) is 9.72 Å². The average molecular weight is 317 g/mol. The highest BCUT2D eigenvalue weighted by atomic mass is 16.5. The third kappa shape index (κ3) is 2.98. The number of hydrogen-bond acceptors (Lipinski definition) is 5. The zero-order valence-corrected chi connectivity index (χ0v) is 13.8. The first kappa shape index (κ1) is 15.6. The van der Waals surface area contributed by atoms with E-state index in [9.17, 15) is 9.90 Å². The lowest BCUT2D eigenvalue weighted by atomic mass is 9.96. The van der Waals surface area contributed by atoms with Gasteiger partial charge in [-0.15, -0.1) is 0 Å². The number of rotatable bonds is 3. The maximum Gasteiger partial charge on any atom is 0.308 e. The van der Waals surface area contributed by atoms with E-state index in [0.717, 1.165) is 48.5 Å². The second-order valence-electron chi connectivity index (χ2n) is 6.42. The van der Waals surface area contributed by atoms with Gasteiger partial charge in [-0.1, -0.05) is 13.8 Å². The summed E-state index contributed by atoms with van der Waals surface area (Å²) in [6, 6.07) is 3.46.